The second-order valence-corrected chi connectivity index (χ2v) is 7.65. The SMILES string of the molecule is CN(C(=O)c1ccc(C(=O)Nc2ccc(Cl)c(-c3ccccn3)c2)cc1)c1ccc(N)nc1. The highest BCUT2D eigenvalue weighted by Gasteiger charge is 2.15. The Labute approximate surface area is 195 Å². The lowest BCUT2D eigenvalue weighted by molar-refractivity contribution is 0.0989. The van der Waals surface area contributed by atoms with E-state index in [2.05, 4.69) is 15.3 Å². The van der Waals surface area contributed by atoms with Gasteiger partial charge in [0.2, 0.25) is 0 Å². The van der Waals surface area contributed by atoms with Crippen LogP contribution < -0.4 is 16.0 Å². The molecule has 3 N–H and O–H groups in total. The molecule has 2 heterocycles. The van der Waals surface area contributed by atoms with Crippen molar-refractivity contribution in [2.75, 3.05) is 23.0 Å². The van der Waals surface area contributed by atoms with E-state index in [9.17, 15) is 9.59 Å². The van der Waals surface area contributed by atoms with E-state index in [1.807, 2.05) is 18.2 Å². The molecule has 0 aliphatic rings. The summed E-state index contributed by atoms with van der Waals surface area (Å²) in [6, 6.07) is 20.5. The Morgan fingerprint density at radius 2 is 1.70 bits per heavy atom. The van der Waals surface area contributed by atoms with Gasteiger partial charge in [0.05, 0.1) is 22.6 Å². The first-order valence-electron chi connectivity index (χ1n) is 10.0. The molecule has 164 valence electrons. The van der Waals surface area contributed by atoms with Gasteiger partial charge < -0.3 is 16.0 Å². The van der Waals surface area contributed by atoms with E-state index >= 15 is 0 Å². The third-order valence-corrected chi connectivity index (χ3v) is 5.35. The van der Waals surface area contributed by atoms with E-state index in [1.54, 1.807) is 67.8 Å². The van der Waals surface area contributed by atoms with E-state index < -0.39 is 0 Å². The minimum Gasteiger partial charge on any atom is -0.384 e. The molecule has 0 unspecified atom stereocenters. The third kappa shape index (κ3) is 4.99. The van der Waals surface area contributed by atoms with Crippen LogP contribution in [0.2, 0.25) is 5.02 Å². The second-order valence-electron chi connectivity index (χ2n) is 7.25. The maximum absolute atomic E-state index is 12.8. The van der Waals surface area contributed by atoms with Crippen LogP contribution in [0.5, 0.6) is 0 Å². The zero-order valence-electron chi connectivity index (χ0n) is 17.7. The van der Waals surface area contributed by atoms with Gasteiger partial charge in [-0.05, 0) is 66.7 Å². The van der Waals surface area contributed by atoms with Crippen molar-refractivity contribution in [2.24, 2.45) is 0 Å². The fraction of sp³-hybridized carbons (Fsp3) is 0.0400. The summed E-state index contributed by atoms with van der Waals surface area (Å²) in [5.41, 5.74) is 9.08. The topological polar surface area (TPSA) is 101 Å². The lowest BCUT2D eigenvalue weighted by Crippen LogP contribution is -2.26. The molecule has 0 bridgehead atoms. The highest BCUT2D eigenvalue weighted by atomic mass is 35.5. The standard InChI is InChI=1S/C25H20ClN5O2/c1-31(19-10-12-23(27)29-15-19)25(33)17-7-5-16(6-8-17)24(32)30-18-9-11-21(26)20(14-18)22-4-2-3-13-28-22/h2-15H,1H3,(H2,27,29)(H,30,32). The van der Waals surface area contributed by atoms with Crippen LogP contribution in [-0.4, -0.2) is 28.8 Å². The van der Waals surface area contributed by atoms with Crippen molar-refractivity contribution >= 4 is 40.6 Å². The number of halogens is 1. The molecule has 8 heteroatoms. The maximum atomic E-state index is 12.8. The van der Waals surface area contributed by atoms with Crippen LogP contribution in [0.3, 0.4) is 0 Å². The van der Waals surface area contributed by atoms with Gasteiger partial charge in [0.1, 0.15) is 5.82 Å². The number of nitrogens with one attached hydrogen (secondary N) is 1. The molecule has 4 rings (SSSR count). The molecule has 0 aliphatic heterocycles. The fourth-order valence-electron chi connectivity index (χ4n) is 3.20. The van der Waals surface area contributed by atoms with E-state index in [0.29, 0.717) is 39.0 Å². The molecule has 0 spiro atoms. The molecule has 0 saturated heterocycles. The number of hydrogen-bond acceptors (Lipinski definition) is 5. The predicted molar refractivity (Wildman–Crippen MR) is 130 cm³/mol. The first-order chi connectivity index (χ1) is 15.9. The number of anilines is 3. The molecule has 33 heavy (non-hydrogen) atoms. The normalized spacial score (nSPS) is 10.5. The number of carbonyl (C=O) groups excluding carboxylic acids is 2. The summed E-state index contributed by atoms with van der Waals surface area (Å²) in [4.78, 5) is 35.3. The van der Waals surface area contributed by atoms with Gasteiger partial charge in [0.25, 0.3) is 11.8 Å². The van der Waals surface area contributed by atoms with Gasteiger partial charge in [-0.3, -0.25) is 14.6 Å². The van der Waals surface area contributed by atoms with E-state index in [0.717, 1.165) is 5.56 Å². The van der Waals surface area contributed by atoms with Gasteiger partial charge >= 0.3 is 0 Å². The number of hydrogen-bond donors (Lipinski definition) is 2. The second kappa shape index (κ2) is 9.50. The van der Waals surface area contributed by atoms with Crippen LogP contribution >= 0.6 is 11.6 Å². The number of carbonyl (C=O) groups is 2. The largest absolute Gasteiger partial charge is 0.384 e. The van der Waals surface area contributed by atoms with Crippen molar-refractivity contribution < 1.29 is 9.59 Å². The van der Waals surface area contributed by atoms with Gasteiger partial charge in [-0.1, -0.05) is 17.7 Å². The van der Waals surface area contributed by atoms with Crippen molar-refractivity contribution in [3.8, 4) is 11.3 Å². The van der Waals surface area contributed by atoms with Crippen molar-refractivity contribution in [3.05, 3.63) is 101 Å². The van der Waals surface area contributed by atoms with Crippen molar-refractivity contribution in [1.82, 2.24) is 9.97 Å². The highest BCUT2D eigenvalue weighted by molar-refractivity contribution is 6.33. The van der Waals surface area contributed by atoms with Crippen LogP contribution in [0.15, 0.2) is 85.2 Å². The van der Waals surface area contributed by atoms with Crippen LogP contribution in [0.25, 0.3) is 11.3 Å². The average Bonchev–Trinajstić information content (AvgIpc) is 2.85. The lowest BCUT2D eigenvalue weighted by atomic mass is 10.1. The zero-order chi connectivity index (χ0) is 23.4. The summed E-state index contributed by atoms with van der Waals surface area (Å²) < 4.78 is 0. The molecule has 0 atom stereocenters. The quantitative estimate of drug-likeness (QED) is 0.443. The van der Waals surface area contributed by atoms with E-state index in [4.69, 9.17) is 17.3 Å². The summed E-state index contributed by atoms with van der Waals surface area (Å²) >= 11 is 6.31. The predicted octanol–water partition coefficient (Wildman–Crippen LogP) is 4.91. The van der Waals surface area contributed by atoms with Gasteiger partial charge in [-0.15, -0.1) is 0 Å². The number of pyridine rings is 2. The monoisotopic (exact) mass is 457 g/mol. The molecule has 2 aromatic carbocycles. The minimum atomic E-state index is -0.306. The summed E-state index contributed by atoms with van der Waals surface area (Å²) in [5, 5.41) is 3.39. The summed E-state index contributed by atoms with van der Waals surface area (Å²) in [7, 11) is 1.65. The Bertz CT molecular complexity index is 1290. The first-order valence-corrected chi connectivity index (χ1v) is 10.4. The Kier molecular flexibility index (Phi) is 6.33. The van der Waals surface area contributed by atoms with Crippen molar-refractivity contribution in [1.29, 1.82) is 0 Å². The number of nitrogen functional groups attached to an aromatic ring is 1. The van der Waals surface area contributed by atoms with Gasteiger partial charge in [0.15, 0.2) is 0 Å². The van der Waals surface area contributed by atoms with E-state index in [-0.39, 0.29) is 11.8 Å². The van der Waals surface area contributed by atoms with Crippen LogP contribution in [0.4, 0.5) is 17.2 Å². The molecule has 0 saturated carbocycles. The molecular formula is C25H20ClN5O2. The lowest BCUT2D eigenvalue weighted by Gasteiger charge is -2.17. The maximum Gasteiger partial charge on any atom is 0.258 e. The summed E-state index contributed by atoms with van der Waals surface area (Å²) in [6.45, 7) is 0. The van der Waals surface area contributed by atoms with E-state index in [1.165, 1.54) is 11.1 Å². The van der Waals surface area contributed by atoms with Crippen molar-refractivity contribution in [3.63, 3.8) is 0 Å². The highest BCUT2D eigenvalue weighted by Crippen LogP contribution is 2.29. The van der Waals surface area contributed by atoms with Crippen LogP contribution in [0.1, 0.15) is 20.7 Å². The molecule has 0 aliphatic carbocycles. The Balaban J connectivity index is 1.48. The Hall–Kier alpha value is -4.23. The molecule has 0 fully saturated rings. The van der Waals surface area contributed by atoms with Crippen LogP contribution in [0, 0.1) is 0 Å². The number of amides is 2. The summed E-state index contributed by atoms with van der Waals surface area (Å²) in [5.74, 6) is -0.159. The zero-order valence-corrected chi connectivity index (χ0v) is 18.5. The minimum absolute atomic E-state index is 0.230. The molecule has 0 radical (unpaired) electrons. The summed E-state index contributed by atoms with van der Waals surface area (Å²) in [6.07, 6.45) is 3.21. The number of nitrogens with two attached hydrogens (primary N) is 1. The Morgan fingerprint density at radius 3 is 2.36 bits per heavy atom. The fourth-order valence-corrected chi connectivity index (χ4v) is 3.41. The average molecular weight is 458 g/mol. The number of benzene rings is 2. The van der Waals surface area contributed by atoms with Crippen molar-refractivity contribution in [2.45, 2.75) is 0 Å². The number of aromatic nitrogens is 2. The van der Waals surface area contributed by atoms with Crippen LogP contribution in [-0.2, 0) is 0 Å². The Morgan fingerprint density at radius 1 is 0.939 bits per heavy atom. The third-order valence-electron chi connectivity index (χ3n) is 5.02. The molecular weight excluding hydrogens is 438 g/mol. The van der Waals surface area contributed by atoms with Gasteiger partial charge in [-0.2, -0.15) is 0 Å². The van der Waals surface area contributed by atoms with Gasteiger partial charge in [-0.25, -0.2) is 4.98 Å². The molecule has 2 amide bonds. The smallest absolute Gasteiger partial charge is 0.258 e. The molecule has 2 aromatic heterocycles. The number of rotatable bonds is 5. The molecule has 7 nitrogen and oxygen atoms in total. The first kappa shape index (κ1) is 22.0. The number of nitrogens with zero attached hydrogens (tertiary/aromatic N) is 3. The van der Waals surface area contributed by atoms with Gasteiger partial charge in [0, 0.05) is 35.6 Å². The molecule has 4 aromatic rings.